The molecule has 8 heteroatoms. The zero-order chi connectivity index (χ0) is 17.1. The minimum absolute atomic E-state index is 0.00264. The van der Waals surface area contributed by atoms with Gasteiger partial charge in [0, 0.05) is 37.1 Å². The molecule has 0 aromatic rings. The van der Waals surface area contributed by atoms with Gasteiger partial charge in [0.15, 0.2) is 0 Å². The molecule has 2 amide bonds. The first kappa shape index (κ1) is 19.2. The number of rotatable bonds is 7. The van der Waals surface area contributed by atoms with Gasteiger partial charge >= 0.3 is 6.03 Å². The van der Waals surface area contributed by atoms with Crippen LogP contribution in [0.25, 0.3) is 0 Å². The van der Waals surface area contributed by atoms with Gasteiger partial charge in [-0.15, -0.1) is 0 Å². The maximum absolute atomic E-state index is 11.9. The van der Waals surface area contributed by atoms with E-state index >= 15 is 0 Å². The number of sulfonamides is 1. The van der Waals surface area contributed by atoms with Crippen LogP contribution in [0, 0.1) is 11.3 Å². The predicted molar refractivity (Wildman–Crippen MR) is 86.1 cm³/mol. The number of carbonyl (C=O) groups excluding carboxylic acids is 1. The van der Waals surface area contributed by atoms with Crippen molar-refractivity contribution in [2.75, 3.05) is 19.4 Å². The van der Waals surface area contributed by atoms with Gasteiger partial charge in [0.1, 0.15) is 0 Å². The van der Waals surface area contributed by atoms with E-state index in [1.807, 2.05) is 20.8 Å². The number of carbonyl (C=O) groups is 1. The second kappa shape index (κ2) is 7.14. The van der Waals surface area contributed by atoms with Gasteiger partial charge in [-0.05, 0) is 13.8 Å². The van der Waals surface area contributed by atoms with Crippen LogP contribution >= 0.6 is 0 Å². The number of methoxy groups -OCH3 is 1. The molecule has 0 spiro atoms. The lowest BCUT2D eigenvalue weighted by molar-refractivity contribution is -0.140. The molecule has 0 bridgehead atoms. The number of amides is 2. The van der Waals surface area contributed by atoms with Crippen molar-refractivity contribution >= 4 is 16.1 Å². The van der Waals surface area contributed by atoms with Gasteiger partial charge < -0.3 is 15.4 Å². The Morgan fingerprint density at radius 2 is 1.91 bits per heavy atom. The van der Waals surface area contributed by atoms with Crippen molar-refractivity contribution in [3.05, 3.63) is 0 Å². The van der Waals surface area contributed by atoms with E-state index in [-0.39, 0.29) is 47.8 Å². The van der Waals surface area contributed by atoms with Crippen LogP contribution in [0.5, 0.6) is 0 Å². The van der Waals surface area contributed by atoms with E-state index in [1.54, 1.807) is 21.0 Å². The Bertz CT molecular complexity index is 490. The van der Waals surface area contributed by atoms with Crippen LogP contribution in [-0.2, 0) is 14.8 Å². The molecular weight excluding hydrogens is 306 g/mol. The second-order valence-corrected chi connectivity index (χ2v) is 8.68. The molecule has 0 unspecified atom stereocenters. The maximum Gasteiger partial charge on any atom is 0.315 e. The number of ether oxygens (including phenoxy) is 1. The minimum atomic E-state index is -3.36. The first-order chi connectivity index (χ1) is 10.0. The van der Waals surface area contributed by atoms with Crippen molar-refractivity contribution in [2.24, 2.45) is 11.3 Å². The van der Waals surface area contributed by atoms with Gasteiger partial charge in [-0.3, -0.25) is 0 Å². The standard InChI is InChI=1S/C14H29N3O4S/c1-9(2)17-22(19,20)8-7-15-13(18)16-11-10(3)12(21-6)14(11,4)5/h9-12,17H,7-8H2,1-6H3,(H2,15,16,18)/t10-,11+,12+/m0/s1. The van der Waals surface area contributed by atoms with E-state index in [0.717, 1.165) is 0 Å². The van der Waals surface area contributed by atoms with Crippen molar-refractivity contribution in [3.63, 3.8) is 0 Å². The van der Waals surface area contributed by atoms with Crippen LogP contribution < -0.4 is 15.4 Å². The lowest BCUT2D eigenvalue weighted by Crippen LogP contribution is -2.68. The molecule has 1 fully saturated rings. The van der Waals surface area contributed by atoms with E-state index in [9.17, 15) is 13.2 Å². The summed E-state index contributed by atoms with van der Waals surface area (Å²) in [5, 5.41) is 5.49. The third-order valence-corrected chi connectivity index (χ3v) is 5.72. The Hall–Kier alpha value is -0.860. The van der Waals surface area contributed by atoms with Crippen LogP contribution in [-0.4, -0.2) is 52.0 Å². The average Bonchev–Trinajstić information content (AvgIpc) is 2.34. The highest BCUT2D eigenvalue weighted by Crippen LogP contribution is 2.46. The molecule has 0 aliphatic heterocycles. The molecule has 3 atom stereocenters. The van der Waals surface area contributed by atoms with Crippen molar-refractivity contribution in [1.82, 2.24) is 15.4 Å². The van der Waals surface area contributed by atoms with E-state index in [0.29, 0.717) is 0 Å². The fourth-order valence-electron chi connectivity index (χ4n) is 3.33. The van der Waals surface area contributed by atoms with Crippen molar-refractivity contribution in [1.29, 1.82) is 0 Å². The van der Waals surface area contributed by atoms with Gasteiger partial charge in [0.05, 0.1) is 11.9 Å². The molecular formula is C14H29N3O4S. The molecule has 1 saturated carbocycles. The van der Waals surface area contributed by atoms with Crippen LogP contribution in [0.2, 0.25) is 0 Å². The van der Waals surface area contributed by atoms with Gasteiger partial charge in [0.2, 0.25) is 10.0 Å². The number of hydrogen-bond donors (Lipinski definition) is 3. The molecule has 130 valence electrons. The monoisotopic (exact) mass is 335 g/mol. The summed E-state index contributed by atoms with van der Waals surface area (Å²) >= 11 is 0. The Morgan fingerprint density at radius 1 is 1.32 bits per heavy atom. The third kappa shape index (κ3) is 4.57. The second-order valence-electron chi connectivity index (χ2n) is 6.81. The highest BCUT2D eigenvalue weighted by molar-refractivity contribution is 7.89. The SMILES string of the molecule is CO[C@@H]1[C@@H](C)[C@@H](NC(=O)NCCS(=O)(=O)NC(C)C)C1(C)C. The largest absolute Gasteiger partial charge is 0.380 e. The molecule has 0 aromatic heterocycles. The summed E-state index contributed by atoms with van der Waals surface area (Å²) in [6.07, 6.45) is 0.105. The zero-order valence-electron chi connectivity index (χ0n) is 14.3. The van der Waals surface area contributed by atoms with E-state index < -0.39 is 10.0 Å². The van der Waals surface area contributed by atoms with Crippen molar-refractivity contribution < 1.29 is 17.9 Å². The first-order valence-corrected chi connectivity index (χ1v) is 9.23. The fraction of sp³-hybridized carbons (Fsp3) is 0.929. The Labute approximate surface area is 133 Å². The molecule has 1 rings (SSSR count). The summed E-state index contributed by atoms with van der Waals surface area (Å²) in [5.74, 6) is 0.0835. The third-order valence-electron chi connectivity index (χ3n) is 4.15. The van der Waals surface area contributed by atoms with Crippen LogP contribution in [0.3, 0.4) is 0 Å². The number of nitrogens with one attached hydrogen (secondary N) is 3. The Morgan fingerprint density at radius 3 is 2.36 bits per heavy atom. The molecule has 1 aliphatic carbocycles. The Balaban J connectivity index is 2.39. The highest BCUT2D eigenvalue weighted by Gasteiger charge is 2.55. The van der Waals surface area contributed by atoms with Gasteiger partial charge in [-0.25, -0.2) is 17.9 Å². The van der Waals surface area contributed by atoms with E-state index in [2.05, 4.69) is 15.4 Å². The molecule has 22 heavy (non-hydrogen) atoms. The van der Waals surface area contributed by atoms with Crippen molar-refractivity contribution in [2.45, 2.75) is 52.8 Å². The van der Waals surface area contributed by atoms with Gasteiger partial charge in [0.25, 0.3) is 0 Å². The summed E-state index contributed by atoms with van der Waals surface area (Å²) in [5.41, 5.74) is -0.142. The fourth-order valence-corrected chi connectivity index (χ4v) is 4.54. The summed E-state index contributed by atoms with van der Waals surface area (Å²) in [4.78, 5) is 11.9. The average molecular weight is 335 g/mol. The van der Waals surface area contributed by atoms with Gasteiger partial charge in [-0.2, -0.15) is 0 Å². The van der Waals surface area contributed by atoms with Crippen LogP contribution in [0.4, 0.5) is 4.79 Å². The Kier molecular flexibility index (Phi) is 6.23. The summed E-state index contributed by atoms with van der Waals surface area (Å²) < 4.78 is 31.2. The predicted octanol–water partition coefficient (Wildman–Crippen LogP) is 0.673. The minimum Gasteiger partial charge on any atom is -0.380 e. The topological polar surface area (TPSA) is 96.5 Å². The quantitative estimate of drug-likeness (QED) is 0.637. The van der Waals surface area contributed by atoms with Crippen molar-refractivity contribution in [3.8, 4) is 0 Å². The van der Waals surface area contributed by atoms with E-state index in [1.165, 1.54) is 0 Å². The van der Waals surface area contributed by atoms with E-state index in [4.69, 9.17) is 4.74 Å². The first-order valence-electron chi connectivity index (χ1n) is 7.58. The lowest BCUT2D eigenvalue weighted by atomic mass is 9.58. The smallest absolute Gasteiger partial charge is 0.315 e. The van der Waals surface area contributed by atoms with Crippen LogP contribution in [0.1, 0.15) is 34.6 Å². The molecule has 0 heterocycles. The highest BCUT2D eigenvalue weighted by atomic mass is 32.2. The summed E-state index contributed by atoms with van der Waals surface area (Å²) in [7, 11) is -1.68. The summed E-state index contributed by atoms with van der Waals surface area (Å²) in [6, 6.07) is -0.497. The molecule has 7 nitrogen and oxygen atoms in total. The molecule has 0 radical (unpaired) electrons. The molecule has 0 saturated heterocycles. The lowest BCUT2D eigenvalue weighted by Gasteiger charge is -2.56. The maximum atomic E-state index is 11.9. The van der Waals surface area contributed by atoms with Gasteiger partial charge in [-0.1, -0.05) is 20.8 Å². The number of urea groups is 1. The molecule has 0 aromatic carbocycles. The normalized spacial score (nSPS) is 27.3. The van der Waals surface area contributed by atoms with Crippen LogP contribution in [0.15, 0.2) is 0 Å². The summed E-state index contributed by atoms with van der Waals surface area (Å²) in [6.45, 7) is 9.70. The molecule has 3 N–H and O–H groups in total. The zero-order valence-corrected chi connectivity index (χ0v) is 15.1. The number of hydrogen-bond acceptors (Lipinski definition) is 4. The molecule has 1 aliphatic rings.